The summed E-state index contributed by atoms with van der Waals surface area (Å²) in [4.78, 5) is 15.4. The largest absolute Gasteiger partial charge is 0.349 e. The van der Waals surface area contributed by atoms with Crippen LogP contribution >= 0.6 is 0 Å². The lowest BCUT2D eigenvalue weighted by molar-refractivity contribution is -0.128. The van der Waals surface area contributed by atoms with Crippen LogP contribution in [0.25, 0.3) is 0 Å². The molecule has 1 saturated carbocycles. The van der Waals surface area contributed by atoms with Crippen LogP contribution in [0.4, 0.5) is 0 Å². The van der Waals surface area contributed by atoms with Gasteiger partial charge in [-0.15, -0.1) is 0 Å². The van der Waals surface area contributed by atoms with Gasteiger partial charge in [0.25, 0.3) is 0 Å². The monoisotopic (exact) mass is 241 g/mol. The molecule has 1 amide bonds. The molecule has 4 heteroatoms. The van der Waals surface area contributed by atoms with E-state index in [0.29, 0.717) is 6.42 Å². The maximum atomic E-state index is 11.3. The second-order valence-electron chi connectivity index (χ2n) is 5.21. The highest BCUT2D eigenvalue weighted by molar-refractivity contribution is 5.75. The predicted molar refractivity (Wildman–Crippen MR) is 71.1 cm³/mol. The molecule has 0 aliphatic heterocycles. The zero-order valence-electron chi connectivity index (χ0n) is 11.5. The minimum atomic E-state index is 0.196. The molecule has 0 saturated heterocycles. The van der Waals surface area contributed by atoms with Crippen molar-refractivity contribution in [1.29, 1.82) is 0 Å². The number of nitrogens with zero attached hydrogens (tertiary/aromatic N) is 2. The van der Waals surface area contributed by atoms with Crippen molar-refractivity contribution < 1.29 is 4.79 Å². The highest BCUT2D eigenvalue weighted by Crippen LogP contribution is 2.21. The van der Waals surface area contributed by atoms with Crippen LogP contribution in [0.5, 0.6) is 0 Å². The van der Waals surface area contributed by atoms with Gasteiger partial charge in [-0.1, -0.05) is 12.8 Å². The Hall–Kier alpha value is -0.610. The van der Waals surface area contributed by atoms with Gasteiger partial charge in [-0.25, -0.2) is 0 Å². The molecule has 17 heavy (non-hydrogen) atoms. The molecule has 0 aromatic carbocycles. The van der Waals surface area contributed by atoms with Crippen molar-refractivity contribution in [1.82, 2.24) is 15.1 Å². The van der Waals surface area contributed by atoms with E-state index in [9.17, 15) is 4.79 Å². The van der Waals surface area contributed by atoms with Crippen molar-refractivity contribution in [2.75, 3.05) is 40.8 Å². The SMILES string of the molecule is CN(C)C(=O)CCNCCN(C)C1CCCC1. The zero-order valence-corrected chi connectivity index (χ0v) is 11.5. The molecule has 1 rings (SSSR count). The molecule has 0 radical (unpaired) electrons. The topological polar surface area (TPSA) is 35.6 Å². The van der Waals surface area contributed by atoms with Crippen molar-refractivity contribution in [3.63, 3.8) is 0 Å². The second-order valence-corrected chi connectivity index (χ2v) is 5.21. The van der Waals surface area contributed by atoms with Crippen molar-refractivity contribution in [3.8, 4) is 0 Å². The molecule has 0 bridgehead atoms. The maximum Gasteiger partial charge on any atom is 0.223 e. The Morgan fingerprint density at radius 1 is 1.18 bits per heavy atom. The van der Waals surface area contributed by atoms with Crippen molar-refractivity contribution in [3.05, 3.63) is 0 Å². The average Bonchev–Trinajstić information content (AvgIpc) is 2.81. The lowest BCUT2D eigenvalue weighted by Gasteiger charge is -2.24. The minimum Gasteiger partial charge on any atom is -0.349 e. The van der Waals surface area contributed by atoms with Crippen LogP contribution in [0.15, 0.2) is 0 Å². The van der Waals surface area contributed by atoms with Gasteiger partial charge in [-0.05, 0) is 19.9 Å². The number of carbonyl (C=O) groups excluding carboxylic acids is 1. The fraction of sp³-hybridized carbons (Fsp3) is 0.923. The molecule has 0 aromatic heterocycles. The molecular weight excluding hydrogens is 214 g/mol. The zero-order chi connectivity index (χ0) is 12.7. The minimum absolute atomic E-state index is 0.196. The third-order valence-electron chi connectivity index (χ3n) is 3.60. The van der Waals surface area contributed by atoms with Gasteiger partial charge in [-0.2, -0.15) is 0 Å². The summed E-state index contributed by atoms with van der Waals surface area (Å²) >= 11 is 0. The summed E-state index contributed by atoms with van der Waals surface area (Å²) in [7, 11) is 5.81. The standard InChI is InChI=1S/C13H27N3O/c1-15(2)13(17)8-9-14-10-11-16(3)12-6-4-5-7-12/h12,14H,4-11H2,1-3H3. The number of amides is 1. The van der Waals surface area contributed by atoms with Gasteiger partial charge in [0, 0.05) is 46.2 Å². The summed E-state index contributed by atoms with van der Waals surface area (Å²) in [6.07, 6.45) is 6.09. The van der Waals surface area contributed by atoms with Crippen LogP contribution in [-0.2, 0) is 4.79 Å². The van der Waals surface area contributed by atoms with Gasteiger partial charge in [0.1, 0.15) is 0 Å². The lowest BCUT2D eigenvalue weighted by atomic mass is 10.2. The number of hydrogen-bond donors (Lipinski definition) is 1. The van der Waals surface area contributed by atoms with Gasteiger partial charge in [0.15, 0.2) is 0 Å². The van der Waals surface area contributed by atoms with Crippen LogP contribution in [0.1, 0.15) is 32.1 Å². The number of carbonyl (C=O) groups is 1. The van der Waals surface area contributed by atoms with E-state index in [1.807, 2.05) is 0 Å². The molecule has 1 fully saturated rings. The molecule has 1 N–H and O–H groups in total. The van der Waals surface area contributed by atoms with Crippen molar-refractivity contribution in [2.45, 2.75) is 38.1 Å². The van der Waals surface area contributed by atoms with Crippen LogP contribution in [0.2, 0.25) is 0 Å². The van der Waals surface area contributed by atoms with Crippen molar-refractivity contribution in [2.24, 2.45) is 0 Å². The maximum absolute atomic E-state index is 11.3. The normalized spacial score (nSPS) is 16.7. The summed E-state index contributed by atoms with van der Waals surface area (Å²) in [5.41, 5.74) is 0. The number of nitrogens with one attached hydrogen (secondary N) is 1. The molecule has 4 nitrogen and oxygen atoms in total. The Labute approximate surface area is 105 Å². The summed E-state index contributed by atoms with van der Waals surface area (Å²) in [6.45, 7) is 2.85. The Bertz CT molecular complexity index is 225. The van der Waals surface area contributed by atoms with Crippen LogP contribution in [0, 0.1) is 0 Å². The Kier molecular flexibility index (Phi) is 6.52. The van der Waals surface area contributed by atoms with E-state index in [-0.39, 0.29) is 5.91 Å². The van der Waals surface area contributed by atoms with E-state index in [4.69, 9.17) is 0 Å². The summed E-state index contributed by atoms with van der Waals surface area (Å²) in [5.74, 6) is 0.196. The van der Waals surface area contributed by atoms with Crippen molar-refractivity contribution >= 4 is 5.91 Å². The smallest absolute Gasteiger partial charge is 0.223 e. The van der Waals surface area contributed by atoms with E-state index < -0.39 is 0 Å². The third-order valence-corrected chi connectivity index (χ3v) is 3.60. The van der Waals surface area contributed by atoms with Gasteiger partial charge in [0.2, 0.25) is 5.91 Å². The third kappa shape index (κ3) is 5.50. The molecule has 0 unspecified atom stereocenters. The first-order chi connectivity index (χ1) is 8.11. The van der Waals surface area contributed by atoms with E-state index >= 15 is 0 Å². The van der Waals surface area contributed by atoms with Gasteiger partial charge < -0.3 is 15.1 Å². The molecule has 0 atom stereocenters. The van der Waals surface area contributed by atoms with E-state index in [1.54, 1.807) is 19.0 Å². The molecule has 0 heterocycles. The van der Waals surface area contributed by atoms with Gasteiger partial charge in [-0.3, -0.25) is 4.79 Å². The fourth-order valence-electron chi connectivity index (χ4n) is 2.33. The fourth-order valence-corrected chi connectivity index (χ4v) is 2.33. The van der Waals surface area contributed by atoms with E-state index in [0.717, 1.165) is 25.7 Å². The highest BCUT2D eigenvalue weighted by atomic mass is 16.2. The van der Waals surface area contributed by atoms with E-state index in [1.165, 1.54) is 25.7 Å². The lowest BCUT2D eigenvalue weighted by Crippen LogP contribution is -2.36. The quantitative estimate of drug-likeness (QED) is 0.674. The van der Waals surface area contributed by atoms with Gasteiger partial charge in [0.05, 0.1) is 0 Å². The predicted octanol–water partition coefficient (Wildman–Crippen LogP) is 0.929. The summed E-state index contributed by atoms with van der Waals surface area (Å²) in [5, 5.41) is 3.34. The average molecular weight is 241 g/mol. The molecule has 0 aromatic rings. The summed E-state index contributed by atoms with van der Waals surface area (Å²) in [6, 6.07) is 0.792. The summed E-state index contributed by atoms with van der Waals surface area (Å²) < 4.78 is 0. The number of likely N-dealkylation sites (N-methyl/N-ethyl adjacent to an activating group) is 1. The Morgan fingerprint density at radius 2 is 1.82 bits per heavy atom. The highest BCUT2D eigenvalue weighted by Gasteiger charge is 2.18. The van der Waals surface area contributed by atoms with Crippen LogP contribution < -0.4 is 5.32 Å². The van der Waals surface area contributed by atoms with Crippen LogP contribution in [-0.4, -0.2) is 62.5 Å². The number of rotatable bonds is 7. The molecule has 100 valence electrons. The van der Waals surface area contributed by atoms with Gasteiger partial charge >= 0.3 is 0 Å². The van der Waals surface area contributed by atoms with E-state index in [2.05, 4.69) is 17.3 Å². The molecule has 1 aliphatic rings. The van der Waals surface area contributed by atoms with Crippen LogP contribution in [0.3, 0.4) is 0 Å². The molecule has 0 spiro atoms. The first-order valence-electron chi connectivity index (χ1n) is 6.72. The Morgan fingerprint density at radius 3 is 2.41 bits per heavy atom. The molecule has 1 aliphatic carbocycles. The first-order valence-corrected chi connectivity index (χ1v) is 6.72. The second kappa shape index (κ2) is 7.67. The Balaban J connectivity index is 1.98. The number of hydrogen-bond acceptors (Lipinski definition) is 3. The molecular formula is C13H27N3O. The first kappa shape index (κ1) is 14.5.